The summed E-state index contributed by atoms with van der Waals surface area (Å²) >= 11 is 0. The van der Waals surface area contributed by atoms with Gasteiger partial charge in [0.05, 0.1) is 5.56 Å². The minimum Gasteiger partial charge on any atom is -0.480 e. The fourth-order valence-electron chi connectivity index (χ4n) is 1.66. The molecule has 0 bridgehead atoms. The maximum atomic E-state index is 12.2. The van der Waals surface area contributed by atoms with Crippen LogP contribution in [0.25, 0.3) is 11.0 Å². The molecule has 2 aromatic rings. The summed E-state index contributed by atoms with van der Waals surface area (Å²) in [6.07, 6.45) is 3.17. The second-order valence-electron chi connectivity index (χ2n) is 4.03. The number of nitrogens with one attached hydrogen (secondary N) is 1. The van der Waals surface area contributed by atoms with Crippen molar-refractivity contribution in [3.63, 3.8) is 0 Å². The number of carbonyl (C=O) groups is 2. The van der Waals surface area contributed by atoms with Gasteiger partial charge < -0.3 is 15.0 Å². The summed E-state index contributed by atoms with van der Waals surface area (Å²) < 4.78 is 0. The average molecular weight is 247 g/mol. The summed E-state index contributed by atoms with van der Waals surface area (Å²) in [5.74, 6) is -1.38. The van der Waals surface area contributed by atoms with Gasteiger partial charge in [-0.15, -0.1) is 0 Å². The van der Waals surface area contributed by atoms with Crippen LogP contribution < -0.4 is 0 Å². The van der Waals surface area contributed by atoms with Crippen LogP contribution in [-0.2, 0) is 4.79 Å². The van der Waals surface area contributed by atoms with Gasteiger partial charge in [0, 0.05) is 24.8 Å². The Morgan fingerprint density at radius 1 is 1.50 bits per heavy atom. The molecule has 2 rings (SSSR count). The molecule has 2 aromatic heterocycles. The second-order valence-corrected chi connectivity index (χ2v) is 4.03. The molecule has 0 aliphatic rings. The number of fused-ring (bicyclic) bond motifs is 1. The lowest BCUT2D eigenvalue weighted by atomic mass is 10.2. The van der Waals surface area contributed by atoms with Crippen molar-refractivity contribution in [2.45, 2.75) is 13.0 Å². The number of likely N-dealkylation sites (N-methyl/N-ethyl adjacent to an activating group) is 1. The molecular formula is C12H13N3O3. The first-order chi connectivity index (χ1) is 8.52. The number of amides is 1. The molecule has 0 aliphatic carbocycles. The van der Waals surface area contributed by atoms with Crippen LogP contribution in [0, 0.1) is 0 Å². The van der Waals surface area contributed by atoms with Crippen molar-refractivity contribution in [1.29, 1.82) is 0 Å². The van der Waals surface area contributed by atoms with Crippen LogP contribution in [0.15, 0.2) is 24.5 Å². The Labute approximate surface area is 103 Å². The monoisotopic (exact) mass is 247 g/mol. The molecule has 0 spiro atoms. The number of carboxylic acid groups (broad SMARTS) is 1. The lowest BCUT2D eigenvalue weighted by molar-refractivity contribution is -0.141. The largest absolute Gasteiger partial charge is 0.480 e. The lowest BCUT2D eigenvalue weighted by Crippen LogP contribution is -2.40. The van der Waals surface area contributed by atoms with Crippen LogP contribution in [0.3, 0.4) is 0 Å². The van der Waals surface area contributed by atoms with Gasteiger partial charge in [0.1, 0.15) is 11.7 Å². The highest BCUT2D eigenvalue weighted by Gasteiger charge is 2.24. The number of pyridine rings is 1. The summed E-state index contributed by atoms with van der Waals surface area (Å²) in [4.78, 5) is 31.2. The van der Waals surface area contributed by atoms with E-state index in [9.17, 15) is 9.59 Å². The number of aliphatic carboxylic acids is 1. The Hall–Kier alpha value is -2.37. The smallest absolute Gasteiger partial charge is 0.326 e. The highest BCUT2D eigenvalue weighted by molar-refractivity contribution is 6.06. The third kappa shape index (κ3) is 1.92. The Bertz CT molecular complexity index is 605. The molecule has 0 radical (unpaired) electrons. The molecule has 0 aromatic carbocycles. The Morgan fingerprint density at radius 3 is 2.89 bits per heavy atom. The van der Waals surface area contributed by atoms with E-state index in [1.54, 1.807) is 24.5 Å². The lowest BCUT2D eigenvalue weighted by Gasteiger charge is -2.20. The number of aromatic amines is 1. The number of rotatable bonds is 3. The maximum absolute atomic E-state index is 12.2. The Balaban J connectivity index is 2.37. The normalized spacial score (nSPS) is 12.3. The van der Waals surface area contributed by atoms with Crippen molar-refractivity contribution in [3.05, 3.63) is 30.1 Å². The highest BCUT2D eigenvalue weighted by atomic mass is 16.4. The topological polar surface area (TPSA) is 86.3 Å². The summed E-state index contributed by atoms with van der Waals surface area (Å²) in [6.45, 7) is 1.47. The van der Waals surface area contributed by atoms with E-state index in [1.807, 2.05) is 0 Å². The Morgan fingerprint density at radius 2 is 2.22 bits per heavy atom. The van der Waals surface area contributed by atoms with Crippen molar-refractivity contribution < 1.29 is 14.7 Å². The molecule has 1 atom stereocenters. The first-order valence-electron chi connectivity index (χ1n) is 5.44. The van der Waals surface area contributed by atoms with E-state index in [4.69, 9.17) is 5.11 Å². The number of hydrogen-bond acceptors (Lipinski definition) is 3. The van der Waals surface area contributed by atoms with Crippen LogP contribution in [0.4, 0.5) is 0 Å². The van der Waals surface area contributed by atoms with Crippen molar-refractivity contribution in [2.24, 2.45) is 0 Å². The molecule has 1 amide bonds. The Kier molecular flexibility index (Phi) is 3.01. The minimum absolute atomic E-state index is 0.343. The van der Waals surface area contributed by atoms with E-state index in [-0.39, 0.29) is 5.91 Å². The quantitative estimate of drug-likeness (QED) is 0.850. The molecule has 6 heteroatoms. The first kappa shape index (κ1) is 12.1. The van der Waals surface area contributed by atoms with Gasteiger partial charge in [-0.1, -0.05) is 0 Å². The first-order valence-corrected chi connectivity index (χ1v) is 5.44. The summed E-state index contributed by atoms with van der Waals surface area (Å²) in [5.41, 5.74) is 1.03. The third-order valence-electron chi connectivity index (χ3n) is 2.94. The zero-order chi connectivity index (χ0) is 13.3. The summed E-state index contributed by atoms with van der Waals surface area (Å²) in [5, 5.41) is 9.59. The molecule has 0 aliphatic heterocycles. The second kappa shape index (κ2) is 4.48. The molecule has 6 nitrogen and oxygen atoms in total. The zero-order valence-electron chi connectivity index (χ0n) is 10.0. The summed E-state index contributed by atoms with van der Waals surface area (Å²) in [7, 11) is 1.47. The number of hydrogen-bond donors (Lipinski definition) is 2. The van der Waals surface area contributed by atoms with Gasteiger partial charge in [-0.05, 0) is 19.1 Å². The number of aromatic nitrogens is 2. The average Bonchev–Trinajstić information content (AvgIpc) is 2.79. The van der Waals surface area contributed by atoms with Crippen molar-refractivity contribution in [1.82, 2.24) is 14.9 Å². The van der Waals surface area contributed by atoms with Gasteiger partial charge in [-0.3, -0.25) is 4.79 Å². The molecule has 94 valence electrons. The van der Waals surface area contributed by atoms with Crippen LogP contribution in [0.2, 0.25) is 0 Å². The molecule has 2 N–H and O–H groups in total. The van der Waals surface area contributed by atoms with Gasteiger partial charge >= 0.3 is 5.97 Å². The van der Waals surface area contributed by atoms with E-state index in [2.05, 4.69) is 9.97 Å². The molecule has 1 unspecified atom stereocenters. The van der Waals surface area contributed by atoms with Gasteiger partial charge in [-0.25, -0.2) is 9.78 Å². The number of carbonyl (C=O) groups excluding carboxylic acids is 1. The molecule has 0 saturated heterocycles. The van der Waals surface area contributed by atoms with Crippen LogP contribution in [-0.4, -0.2) is 44.9 Å². The SMILES string of the molecule is CC(C(=O)O)N(C)C(=O)c1c[nH]c2ncccc12. The number of nitrogens with zero attached hydrogens (tertiary/aromatic N) is 2. The maximum Gasteiger partial charge on any atom is 0.326 e. The van der Waals surface area contributed by atoms with E-state index in [0.717, 1.165) is 0 Å². The molecule has 0 saturated carbocycles. The molecule has 0 fully saturated rings. The molecular weight excluding hydrogens is 234 g/mol. The van der Waals surface area contributed by atoms with Crippen molar-refractivity contribution in [3.8, 4) is 0 Å². The third-order valence-corrected chi connectivity index (χ3v) is 2.94. The van der Waals surface area contributed by atoms with Gasteiger partial charge in [0.25, 0.3) is 5.91 Å². The van der Waals surface area contributed by atoms with Crippen LogP contribution in [0.1, 0.15) is 17.3 Å². The van der Waals surface area contributed by atoms with E-state index < -0.39 is 12.0 Å². The van der Waals surface area contributed by atoms with E-state index >= 15 is 0 Å². The zero-order valence-corrected chi connectivity index (χ0v) is 10.0. The van der Waals surface area contributed by atoms with Crippen LogP contribution in [0.5, 0.6) is 0 Å². The van der Waals surface area contributed by atoms with Gasteiger partial charge in [0.15, 0.2) is 0 Å². The molecule has 18 heavy (non-hydrogen) atoms. The fraction of sp³-hybridized carbons (Fsp3) is 0.250. The van der Waals surface area contributed by atoms with E-state index in [1.165, 1.54) is 18.9 Å². The van der Waals surface area contributed by atoms with Crippen molar-refractivity contribution >= 4 is 22.9 Å². The fourth-order valence-corrected chi connectivity index (χ4v) is 1.66. The minimum atomic E-state index is -1.04. The van der Waals surface area contributed by atoms with Crippen LogP contribution >= 0.6 is 0 Å². The van der Waals surface area contributed by atoms with Gasteiger partial charge in [0.2, 0.25) is 0 Å². The number of H-pyrrole nitrogens is 1. The number of carboxylic acids is 1. The summed E-state index contributed by atoms with van der Waals surface area (Å²) in [6, 6.07) is 2.62. The molecule has 2 heterocycles. The highest BCUT2D eigenvalue weighted by Crippen LogP contribution is 2.17. The van der Waals surface area contributed by atoms with Crippen molar-refractivity contribution in [2.75, 3.05) is 7.05 Å². The predicted molar refractivity (Wildman–Crippen MR) is 65.3 cm³/mol. The van der Waals surface area contributed by atoms with E-state index in [0.29, 0.717) is 16.6 Å². The predicted octanol–water partition coefficient (Wildman–Crippen LogP) is 1.11. The van der Waals surface area contributed by atoms with Gasteiger partial charge in [-0.2, -0.15) is 0 Å². The standard InChI is InChI=1S/C12H13N3O3/c1-7(12(17)18)15(2)11(16)9-6-14-10-8(9)4-3-5-13-10/h3-7H,1-2H3,(H,13,14)(H,17,18).